The smallest absolute Gasteiger partial charge is 0.240 e. The Hall–Kier alpha value is -2.94. The number of sulfonamides is 1. The number of carbonyl (C=O) groups is 1. The van der Waals surface area contributed by atoms with Crippen LogP contribution in [0.4, 0.5) is 5.69 Å². The molecule has 30 heavy (non-hydrogen) atoms. The van der Waals surface area contributed by atoms with Crippen molar-refractivity contribution < 1.29 is 27.4 Å². The molecule has 0 heterocycles. The summed E-state index contributed by atoms with van der Waals surface area (Å²) in [6.45, 7) is 0.0896. The van der Waals surface area contributed by atoms with E-state index in [4.69, 9.17) is 14.2 Å². The van der Waals surface area contributed by atoms with Gasteiger partial charge in [-0.3, -0.25) is 9.10 Å². The lowest BCUT2D eigenvalue weighted by Gasteiger charge is -2.23. The van der Waals surface area contributed by atoms with Crippen molar-refractivity contribution in [3.8, 4) is 17.2 Å². The number of aryl methyl sites for hydroxylation is 1. The summed E-state index contributed by atoms with van der Waals surface area (Å²) < 4.78 is 41.2. The summed E-state index contributed by atoms with van der Waals surface area (Å²) in [5, 5.41) is 2.77. The van der Waals surface area contributed by atoms with Crippen molar-refractivity contribution >= 4 is 21.6 Å². The number of anilines is 1. The van der Waals surface area contributed by atoms with E-state index in [9.17, 15) is 13.2 Å². The molecule has 164 valence electrons. The molecule has 0 radical (unpaired) electrons. The number of nitrogens with zero attached hydrogens (tertiary/aromatic N) is 1. The van der Waals surface area contributed by atoms with E-state index in [1.807, 2.05) is 18.2 Å². The summed E-state index contributed by atoms with van der Waals surface area (Å²) in [6, 6.07) is 12.3. The summed E-state index contributed by atoms with van der Waals surface area (Å²) in [7, 11) is 0.947. The van der Waals surface area contributed by atoms with E-state index in [1.165, 1.54) is 7.11 Å². The van der Waals surface area contributed by atoms with Crippen molar-refractivity contribution in [1.29, 1.82) is 0 Å². The van der Waals surface area contributed by atoms with Crippen LogP contribution in [0.25, 0.3) is 0 Å². The minimum Gasteiger partial charge on any atom is -0.495 e. The average Bonchev–Trinajstić information content (AvgIpc) is 2.74. The SMILES string of the molecule is COc1ccc(CCCNC(=O)CN(c2ccccc2OC)S(C)(=O)=O)cc1OC. The zero-order valence-corrected chi connectivity index (χ0v) is 18.5. The van der Waals surface area contributed by atoms with Crippen LogP contribution < -0.4 is 23.8 Å². The van der Waals surface area contributed by atoms with Gasteiger partial charge in [-0.25, -0.2) is 8.42 Å². The maximum absolute atomic E-state index is 12.4. The lowest BCUT2D eigenvalue weighted by atomic mass is 10.1. The highest BCUT2D eigenvalue weighted by Crippen LogP contribution is 2.29. The maximum Gasteiger partial charge on any atom is 0.240 e. The molecular formula is C21H28N2O6S. The summed E-state index contributed by atoms with van der Waals surface area (Å²) in [5.41, 5.74) is 1.37. The predicted molar refractivity (Wildman–Crippen MR) is 116 cm³/mol. The van der Waals surface area contributed by atoms with Crippen molar-refractivity contribution in [2.24, 2.45) is 0 Å². The number of nitrogens with one attached hydrogen (secondary N) is 1. The van der Waals surface area contributed by atoms with E-state index in [2.05, 4.69) is 5.32 Å². The zero-order chi connectivity index (χ0) is 22.1. The quantitative estimate of drug-likeness (QED) is 0.543. The number of hydrogen-bond acceptors (Lipinski definition) is 6. The van der Waals surface area contributed by atoms with E-state index >= 15 is 0 Å². The summed E-state index contributed by atoms with van der Waals surface area (Å²) in [6.07, 6.45) is 2.47. The van der Waals surface area contributed by atoms with Gasteiger partial charge in [-0.2, -0.15) is 0 Å². The molecule has 1 N–H and O–H groups in total. The Morgan fingerprint density at radius 1 is 0.967 bits per heavy atom. The minimum atomic E-state index is -3.67. The van der Waals surface area contributed by atoms with Crippen LogP contribution in [0.5, 0.6) is 17.2 Å². The van der Waals surface area contributed by atoms with Gasteiger partial charge in [0, 0.05) is 6.54 Å². The summed E-state index contributed by atoms with van der Waals surface area (Å²) in [5.74, 6) is 1.30. The third kappa shape index (κ3) is 6.28. The first-order valence-electron chi connectivity index (χ1n) is 9.38. The first-order chi connectivity index (χ1) is 14.3. The fraction of sp³-hybridized carbons (Fsp3) is 0.381. The van der Waals surface area contributed by atoms with Crippen LogP contribution in [0.15, 0.2) is 42.5 Å². The van der Waals surface area contributed by atoms with Crippen LogP contribution in [0.3, 0.4) is 0 Å². The van der Waals surface area contributed by atoms with Crippen molar-refractivity contribution in [3.63, 3.8) is 0 Å². The molecule has 8 nitrogen and oxygen atoms in total. The molecular weight excluding hydrogens is 408 g/mol. The van der Waals surface area contributed by atoms with E-state index in [0.717, 1.165) is 22.5 Å². The Morgan fingerprint density at radius 2 is 1.63 bits per heavy atom. The standard InChI is InChI=1S/C21H28N2O6S/c1-27-18-10-6-5-9-17(18)23(30(4,25)26)15-21(24)22-13-7-8-16-11-12-19(28-2)20(14-16)29-3/h5-6,9-12,14H,7-8,13,15H2,1-4H3,(H,22,24). The van der Waals surface area contributed by atoms with E-state index in [1.54, 1.807) is 38.5 Å². The first kappa shape index (κ1) is 23.3. The van der Waals surface area contributed by atoms with Gasteiger partial charge in [-0.05, 0) is 42.7 Å². The monoisotopic (exact) mass is 436 g/mol. The molecule has 0 bridgehead atoms. The molecule has 1 amide bonds. The van der Waals surface area contributed by atoms with Gasteiger partial charge < -0.3 is 19.5 Å². The molecule has 0 spiro atoms. The zero-order valence-electron chi connectivity index (χ0n) is 17.7. The third-order valence-electron chi connectivity index (χ3n) is 4.45. The molecule has 0 atom stereocenters. The molecule has 2 aromatic rings. The highest BCUT2D eigenvalue weighted by Gasteiger charge is 2.23. The molecule has 0 unspecified atom stereocenters. The Bertz CT molecular complexity index is 962. The second-order valence-electron chi connectivity index (χ2n) is 6.58. The number of rotatable bonds is 11. The number of methoxy groups -OCH3 is 3. The van der Waals surface area contributed by atoms with E-state index in [-0.39, 0.29) is 6.54 Å². The van der Waals surface area contributed by atoms with Crippen molar-refractivity contribution in [2.45, 2.75) is 12.8 Å². The van der Waals surface area contributed by atoms with Gasteiger partial charge in [-0.15, -0.1) is 0 Å². The van der Waals surface area contributed by atoms with Crippen LogP contribution >= 0.6 is 0 Å². The van der Waals surface area contributed by atoms with Gasteiger partial charge in [0.1, 0.15) is 12.3 Å². The molecule has 0 aliphatic rings. The average molecular weight is 437 g/mol. The fourth-order valence-corrected chi connectivity index (χ4v) is 3.82. The fourth-order valence-electron chi connectivity index (χ4n) is 2.96. The Labute approximate surface area is 177 Å². The lowest BCUT2D eigenvalue weighted by molar-refractivity contribution is -0.119. The lowest BCUT2D eigenvalue weighted by Crippen LogP contribution is -2.40. The number of amides is 1. The molecule has 0 fully saturated rings. The van der Waals surface area contributed by atoms with Crippen molar-refractivity contribution in [2.75, 3.05) is 45.0 Å². The minimum absolute atomic E-state index is 0.322. The maximum atomic E-state index is 12.4. The molecule has 9 heteroatoms. The Balaban J connectivity index is 1.94. The summed E-state index contributed by atoms with van der Waals surface area (Å²) >= 11 is 0. The van der Waals surface area contributed by atoms with Crippen LogP contribution in [0, 0.1) is 0 Å². The number of hydrogen-bond donors (Lipinski definition) is 1. The number of para-hydroxylation sites is 2. The van der Waals surface area contributed by atoms with Crippen molar-refractivity contribution in [3.05, 3.63) is 48.0 Å². The Morgan fingerprint density at radius 3 is 2.27 bits per heavy atom. The topological polar surface area (TPSA) is 94.2 Å². The predicted octanol–water partition coefficient (Wildman–Crippen LogP) is 2.23. The van der Waals surface area contributed by atoms with Gasteiger partial charge in [0.2, 0.25) is 15.9 Å². The molecule has 0 saturated carbocycles. The van der Waals surface area contributed by atoms with Crippen LogP contribution in [0.2, 0.25) is 0 Å². The number of carbonyl (C=O) groups excluding carboxylic acids is 1. The Kier molecular flexibility index (Phi) is 8.35. The van der Waals surface area contributed by atoms with Gasteiger partial charge in [0.05, 0.1) is 33.3 Å². The second-order valence-corrected chi connectivity index (χ2v) is 8.49. The molecule has 2 rings (SSSR count). The van der Waals surface area contributed by atoms with Gasteiger partial charge in [0.25, 0.3) is 0 Å². The normalized spacial score (nSPS) is 10.9. The van der Waals surface area contributed by atoms with E-state index < -0.39 is 15.9 Å². The van der Waals surface area contributed by atoms with Gasteiger partial charge in [0.15, 0.2) is 11.5 Å². The van der Waals surface area contributed by atoms with Crippen LogP contribution in [-0.4, -0.2) is 55.0 Å². The largest absolute Gasteiger partial charge is 0.495 e. The van der Waals surface area contributed by atoms with E-state index in [0.29, 0.717) is 35.9 Å². The highest BCUT2D eigenvalue weighted by molar-refractivity contribution is 7.92. The molecule has 0 aromatic heterocycles. The van der Waals surface area contributed by atoms with Crippen LogP contribution in [-0.2, 0) is 21.2 Å². The molecule has 0 aliphatic heterocycles. The van der Waals surface area contributed by atoms with Gasteiger partial charge in [-0.1, -0.05) is 18.2 Å². The first-order valence-corrected chi connectivity index (χ1v) is 11.2. The van der Waals surface area contributed by atoms with Crippen LogP contribution in [0.1, 0.15) is 12.0 Å². The number of benzene rings is 2. The molecule has 2 aromatic carbocycles. The molecule has 0 aliphatic carbocycles. The summed E-state index contributed by atoms with van der Waals surface area (Å²) in [4.78, 5) is 12.4. The third-order valence-corrected chi connectivity index (χ3v) is 5.58. The van der Waals surface area contributed by atoms with Gasteiger partial charge >= 0.3 is 0 Å². The molecule has 0 saturated heterocycles. The second kappa shape index (κ2) is 10.7. The van der Waals surface area contributed by atoms with Crippen molar-refractivity contribution in [1.82, 2.24) is 5.32 Å². The number of ether oxygens (including phenoxy) is 3. The highest BCUT2D eigenvalue weighted by atomic mass is 32.2.